The van der Waals surface area contributed by atoms with Gasteiger partial charge in [-0.15, -0.1) is 0 Å². The van der Waals surface area contributed by atoms with Crippen molar-refractivity contribution < 1.29 is 14.3 Å². The highest BCUT2D eigenvalue weighted by molar-refractivity contribution is 5.94. The van der Waals surface area contributed by atoms with E-state index in [1.807, 2.05) is 19.1 Å². The van der Waals surface area contributed by atoms with Crippen LogP contribution in [0.3, 0.4) is 0 Å². The second-order valence-corrected chi connectivity index (χ2v) is 6.39. The fourth-order valence-electron chi connectivity index (χ4n) is 2.75. The van der Waals surface area contributed by atoms with Crippen LogP contribution in [-0.2, 0) is 9.53 Å². The Hall–Kier alpha value is -2.28. The van der Waals surface area contributed by atoms with Crippen molar-refractivity contribution >= 4 is 23.4 Å². The summed E-state index contributed by atoms with van der Waals surface area (Å²) in [6, 6.07) is 6.05. The number of anilines is 2. The summed E-state index contributed by atoms with van der Waals surface area (Å²) >= 11 is 0. The van der Waals surface area contributed by atoms with Gasteiger partial charge in [0.25, 0.3) is 0 Å². The van der Waals surface area contributed by atoms with Crippen molar-refractivity contribution in [1.29, 1.82) is 0 Å². The molecule has 0 aliphatic carbocycles. The quantitative estimate of drug-likeness (QED) is 0.879. The van der Waals surface area contributed by atoms with E-state index in [1.54, 1.807) is 14.0 Å². The van der Waals surface area contributed by atoms with Gasteiger partial charge in [-0.2, -0.15) is 0 Å². The Kier molecular flexibility index (Phi) is 6.64. The number of hydrogen-bond acceptors (Lipinski definition) is 5. The monoisotopic (exact) mass is 348 g/mol. The van der Waals surface area contributed by atoms with Crippen molar-refractivity contribution in [2.24, 2.45) is 0 Å². The van der Waals surface area contributed by atoms with Crippen LogP contribution >= 0.6 is 0 Å². The Balaban J connectivity index is 1.94. The Labute approximate surface area is 149 Å². The van der Waals surface area contributed by atoms with Crippen LogP contribution in [-0.4, -0.2) is 75.2 Å². The molecule has 138 valence electrons. The lowest BCUT2D eigenvalue weighted by Crippen LogP contribution is -2.44. The summed E-state index contributed by atoms with van der Waals surface area (Å²) in [5.41, 5.74) is 2.94. The average molecular weight is 348 g/mol. The number of rotatable bonds is 5. The summed E-state index contributed by atoms with van der Waals surface area (Å²) in [7, 11) is 3.68. The molecule has 7 heteroatoms. The summed E-state index contributed by atoms with van der Waals surface area (Å²) in [6.07, 6.45) is -0.500. The SMILES string of the molecule is CCOC(=O)N(C)CC(=O)Nc1ccc(N2CCN(C)CC2)cc1C. The number of carbonyl (C=O) groups is 2. The third-order valence-corrected chi connectivity index (χ3v) is 4.31. The van der Waals surface area contributed by atoms with Crippen molar-refractivity contribution in [3.05, 3.63) is 23.8 Å². The lowest BCUT2D eigenvalue weighted by molar-refractivity contribution is -0.116. The smallest absolute Gasteiger partial charge is 0.409 e. The Bertz CT molecular complexity index is 612. The summed E-state index contributed by atoms with van der Waals surface area (Å²) in [5, 5.41) is 2.86. The van der Waals surface area contributed by atoms with Gasteiger partial charge in [-0.1, -0.05) is 0 Å². The van der Waals surface area contributed by atoms with Crippen molar-refractivity contribution in [2.45, 2.75) is 13.8 Å². The van der Waals surface area contributed by atoms with Crippen LogP contribution in [0.25, 0.3) is 0 Å². The molecule has 2 rings (SSSR count). The number of ether oxygens (including phenoxy) is 1. The molecule has 1 aromatic rings. The van der Waals surface area contributed by atoms with Crippen molar-refractivity contribution in [3.8, 4) is 0 Å². The minimum atomic E-state index is -0.500. The first-order valence-corrected chi connectivity index (χ1v) is 8.62. The molecule has 7 nitrogen and oxygen atoms in total. The molecule has 1 heterocycles. The summed E-state index contributed by atoms with van der Waals surface area (Å²) < 4.78 is 4.87. The van der Waals surface area contributed by atoms with E-state index >= 15 is 0 Å². The zero-order valence-electron chi connectivity index (χ0n) is 15.5. The van der Waals surface area contributed by atoms with Gasteiger partial charge in [-0.25, -0.2) is 4.79 Å². The molecule has 1 fully saturated rings. The highest BCUT2D eigenvalue weighted by Gasteiger charge is 2.17. The number of carbonyl (C=O) groups excluding carboxylic acids is 2. The Morgan fingerprint density at radius 2 is 1.92 bits per heavy atom. The predicted molar refractivity (Wildman–Crippen MR) is 99.2 cm³/mol. The van der Waals surface area contributed by atoms with E-state index in [4.69, 9.17) is 4.74 Å². The van der Waals surface area contributed by atoms with Crippen molar-refractivity contribution in [3.63, 3.8) is 0 Å². The van der Waals surface area contributed by atoms with Crippen LogP contribution in [0.15, 0.2) is 18.2 Å². The van der Waals surface area contributed by atoms with Gasteiger partial charge in [0.05, 0.1) is 6.61 Å². The van der Waals surface area contributed by atoms with Crippen molar-refractivity contribution in [2.75, 3.05) is 63.6 Å². The lowest BCUT2D eigenvalue weighted by Gasteiger charge is -2.34. The van der Waals surface area contributed by atoms with Crippen LogP contribution in [0.5, 0.6) is 0 Å². The van der Waals surface area contributed by atoms with E-state index in [0.29, 0.717) is 0 Å². The molecule has 1 aromatic carbocycles. The summed E-state index contributed by atoms with van der Waals surface area (Å²) in [5.74, 6) is -0.244. The predicted octanol–water partition coefficient (Wildman–Crippen LogP) is 1.77. The average Bonchev–Trinajstić information content (AvgIpc) is 2.57. The molecule has 0 spiro atoms. The number of amides is 2. The first-order chi connectivity index (χ1) is 11.9. The van der Waals surface area contributed by atoms with Crippen LogP contribution in [0.1, 0.15) is 12.5 Å². The number of aryl methyl sites for hydroxylation is 1. The Morgan fingerprint density at radius 1 is 1.24 bits per heavy atom. The fraction of sp³-hybridized carbons (Fsp3) is 0.556. The van der Waals surface area contributed by atoms with Gasteiger partial charge in [0.2, 0.25) is 5.91 Å². The molecule has 1 aliphatic heterocycles. The molecule has 25 heavy (non-hydrogen) atoms. The van der Waals surface area contributed by atoms with E-state index in [2.05, 4.69) is 28.2 Å². The molecule has 0 saturated carbocycles. The third kappa shape index (κ3) is 5.35. The van der Waals surface area contributed by atoms with Gasteiger partial charge in [-0.3, -0.25) is 4.79 Å². The second-order valence-electron chi connectivity index (χ2n) is 6.39. The number of likely N-dealkylation sites (N-methyl/N-ethyl adjacent to an activating group) is 2. The standard InChI is InChI=1S/C18H28N4O3/c1-5-25-18(24)21(4)13-17(23)19-16-7-6-15(12-14(16)2)22-10-8-20(3)9-11-22/h6-7,12H,5,8-11,13H2,1-4H3,(H,19,23). The van der Waals surface area contributed by atoms with E-state index < -0.39 is 6.09 Å². The molecule has 0 radical (unpaired) electrons. The van der Waals surface area contributed by atoms with Gasteiger partial charge < -0.3 is 24.8 Å². The van der Waals surface area contributed by atoms with Crippen molar-refractivity contribution in [1.82, 2.24) is 9.80 Å². The largest absolute Gasteiger partial charge is 0.450 e. The lowest BCUT2D eigenvalue weighted by atomic mass is 10.1. The Morgan fingerprint density at radius 3 is 2.52 bits per heavy atom. The normalized spacial score (nSPS) is 15.0. The number of piperazine rings is 1. The zero-order valence-corrected chi connectivity index (χ0v) is 15.5. The van der Waals surface area contributed by atoms with E-state index in [0.717, 1.165) is 37.4 Å². The van der Waals surface area contributed by atoms with Crippen LogP contribution < -0.4 is 10.2 Å². The van der Waals surface area contributed by atoms with E-state index in [9.17, 15) is 9.59 Å². The molecule has 0 aromatic heterocycles. The van der Waals surface area contributed by atoms with Gasteiger partial charge in [0.15, 0.2) is 0 Å². The fourth-order valence-corrected chi connectivity index (χ4v) is 2.75. The van der Waals surface area contributed by atoms with E-state index in [-0.39, 0.29) is 19.1 Å². The molecular weight excluding hydrogens is 320 g/mol. The highest BCUT2D eigenvalue weighted by Crippen LogP contribution is 2.23. The van der Waals surface area contributed by atoms with E-state index in [1.165, 1.54) is 10.6 Å². The number of benzene rings is 1. The van der Waals surface area contributed by atoms with Crippen LogP contribution in [0.2, 0.25) is 0 Å². The zero-order chi connectivity index (χ0) is 18.4. The number of hydrogen-bond donors (Lipinski definition) is 1. The topological polar surface area (TPSA) is 65.1 Å². The van der Waals surface area contributed by atoms with Crippen LogP contribution in [0, 0.1) is 6.92 Å². The minimum absolute atomic E-state index is 0.0432. The molecular formula is C18H28N4O3. The van der Waals surface area contributed by atoms with Gasteiger partial charge in [0, 0.05) is 44.6 Å². The first kappa shape index (κ1) is 19.1. The molecule has 0 atom stereocenters. The number of nitrogens with zero attached hydrogens (tertiary/aromatic N) is 3. The first-order valence-electron chi connectivity index (χ1n) is 8.62. The maximum Gasteiger partial charge on any atom is 0.409 e. The molecule has 0 bridgehead atoms. The maximum absolute atomic E-state index is 12.1. The van der Waals surface area contributed by atoms with Gasteiger partial charge in [0.1, 0.15) is 6.54 Å². The van der Waals surface area contributed by atoms with Gasteiger partial charge >= 0.3 is 6.09 Å². The molecule has 1 saturated heterocycles. The van der Waals surface area contributed by atoms with Crippen LogP contribution in [0.4, 0.5) is 16.2 Å². The summed E-state index contributed by atoms with van der Waals surface area (Å²) in [6.45, 7) is 8.07. The maximum atomic E-state index is 12.1. The number of nitrogens with one attached hydrogen (secondary N) is 1. The van der Waals surface area contributed by atoms with Gasteiger partial charge in [-0.05, 0) is 44.7 Å². The highest BCUT2D eigenvalue weighted by atomic mass is 16.6. The summed E-state index contributed by atoms with van der Waals surface area (Å²) in [4.78, 5) is 29.6. The second kappa shape index (κ2) is 8.71. The minimum Gasteiger partial charge on any atom is -0.450 e. The molecule has 1 aliphatic rings. The molecule has 1 N–H and O–H groups in total. The third-order valence-electron chi connectivity index (χ3n) is 4.31. The molecule has 0 unspecified atom stereocenters. The molecule has 2 amide bonds.